The summed E-state index contributed by atoms with van der Waals surface area (Å²) >= 11 is 0. The molecule has 0 fully saturated rings. The maximum absolute atomic E-state index is 14.1. The van der Waals surface area contributed by atoms with Gasteiger partial charge < -0.3 is 110 Å². The maximum Gasteiger partial charge on any atom is 0.322 e. The van der Waals surface area contributed by atoms with Gasteiger partial charge in [0.05, 0.1) is 38.4 Å². The van der Waals surface area contributed by atoms with Crippen molar-refractivity contribution in [3.63, 3.8) is 0 Å². The van der Waals surface area contributed by atoms with Crippen molar-refractivity contribution >= 4 is 82.9 Å². The summed E-state index contributed by atoms with van der Waals surface area (Å²) in [6, 6.07) is -6.03. The smallest absolute Gasteiger partial charge is 0.322 e. The molecule has 0 saturated carbocycles. The highest BCUT2D eigenvalue weighted by atomic mass is 16.4. The number of nitrogens with two attached hydrogens (primary N) is 1. The predicted octanol–water partition coefficient (Wildman–Crippen LogP) is -7.67. The van der Waals surface area contributed by atoms with Gasteiger partial charge in [0, 0.05) is 19.3 Å². The van der Waals surface area contributed by atoms with E-state index in [0.29, 0.717) is 11.1 Å². The number of aliphatic hydroxyl groups excluding tert-OH is 5. The summed E-state index contributed by atoms with van der Waals surface area (Å²) in [6.45, 7) is 3.82. The van der Waals surface area contributed by atoms with E-state index in [2.05, 4.69) is 47.9 Å². The minimum absolute atomic E-state index is 0.123. The molecule has 0 radical (unpaired) electrons. The summed E-state index contributed by atoms with van der Waals surface area (Å²) < 4.78 is 0. The second kappa shape index (κ2) is 39.0. The van der Waals surface area contributed by atoms with Gasteiger partial charge in [-0.15, -0.1) is 0 Å². The molecular formula is C57H84N12O23. The first kappa shape index (κ1) is 78.7. The molecule has 35 heteroatoms. The zero-order chi connectivity index (χ0) is 69.7. The first-order valence-electron chi connectivity index (χ1n) is 28.9. The monoisotopic (exact) mass is 1300 g/mol. The Morgan fingerprint density at radius 2 is 0.804 bits per heavy atom. The first-order valence-corrected chi connectivity index (χ1v) is 28.9. The number of nitrogens with one attached hydrogen (secondary N) is 11. The van der Waals surface area contributed by atoms with Gasteiger partial charge in [0.25, 0.3) is 0 Å². The van der Waals surface area contributed by atoms with Gasteiger partial charge in [-0.2, -0.15) is 0 Å². The Kier molecular flexibility index (Phi) is 33.3. The van der Waals surface area contributed by atoms with E-state index < -0.39 is 213 Å². The average molecular weight is 1310 g/mol. The molecule has 35 nitrogen and oxygen atoms in total. The number of carboxylic acid groups (broad SMARTS) is 3. The normalized spacial score (nSPS) is 15.4. The second-order valence-corrected chi connectivity index (χ2v) is 22.1. The third-order valence-electron chi connectivity index (χ3n) is 13.5. The number of phenols is 1. The van der Waals surface area contributed by atoms with Crippen molar-refractivity contribution in [3.05, 3.63) is 65.7 Å². The summed E-state index contributed by atoms with van der Waals surface area (Å²) in [4.78, 5) is 184. The fraction of sp³-hybridized carbons (Fsp3) is 0.544. The molecule has 0 aromatic heterocycles. The molecule has 0 spiro atoms. The molecule has 22 N–H and O–H groups in total. The van der Waals surface area contributed by atoms with Gasteiger partial charge in [-0.1, -0.05) is 70.2 Å². The minimum atomic E-state index is -2.09. The lowest BCUT2D eigenvalue weighted by atomic mass is 10.00. The Hall–Kier alpha value is -9.42. The van der Waals surface area contributed by atoms with Crippen molar-refractivity contribution in [2.75, 3.05) is 26.4 Å². The highest BCUT2D eigenvalue weighted by molar-refractivity contribution is 6.00. The van der Waals surface area contributed by atoms with E-state index >= 15 is 0 Å². The molecule has 2 rings (SSSR count). The lowest BCUT2D eigenvalue weighted by Crippen LogP contribution is -2.63. The number of hydrogen-bond acceptors (Lipinski definition) is 21. The number of rotatable bonds is 40. The van der Waals surface area contributed by atoms with Gasteiger partial charge >= 0.3 is 17.9 Å². The predicted molar refractivity (Wildman–Crippen MR) is 318 cm³/mol. The molecule has 2 aromatic carbocycles. The number of hydrogen-bond donors (Lipinski definition) is 21. The van der Waals surface area contributed by atoms with E-state index in [1.165, 1.54) is 45.0 Å². The number of aromatic hydroxyl groups is 1. The van der Waals surface area contributed by atoms with Crippen molar-refractivity contribution < 1.29 is 113 Å². The van der Waals surface area contributed by atoms with Crippen LogP contribution in [0.25, 0.3) is 0 Å². The summed E-state index contributed by atoms with van der Waals surface area (Å²) in [7, 11) is 0. The molecule has 11 amide bonds. The van der Waals surface area contributed by atoms with Crippen LogP contribution < -0.4 is 64.2 Å². The first-order chi connectivity index (χ1) is 43.1. The fourth-order valence-electron chi connectivity index (χ4n) is 8.45. The van der Waals surface area contributed by atoms with Gasteiger partial charge in [-0.25, -0.2) is 0 Å². The van der Waals surface area contributed by atoms with E-state index in [1.54, 1.807) is 44.2 Å². The van der Waals surface area contributed by atoms with Gasteiger partial charge in [-0.3, -0.25) is 67.1 Å². The van der Waals surface area contributed by atoms with Crippen LogP contribution in [0.3, 0.4) is 0 Å². The van der Waals surface area contributed by atoms with Gasteiger partial charge in [0.1, 0.15) is 78.8 Å². The van der Waals surface area contributed by atoms with Crippen molar-refractivity contribution in [3.8, 4) is 5.75 Å². The van der Waals surface area contributed by atoms with Crippen LogP contribution in [-0.4, -0.2) is 234 Å². The Balaban J connectivity index is 2.33. The van der Waals surface area contributed by atoms with E-state index in [4.69, 9.17) is 10.8 Å². The van der Waals surface area contributed by atoms with Crippen LogP contribution in [0.15, 0.2) is 54.6 Å². The SMILES string of the molecule is CC(C)C[C@H](NC(=O)[C@H](Cc1ccc(O)cc1)NC(=O)[C@H](CO)NC(=O)[C@H](CO)NC(=O)[C@@H](NC(=O)[C@H](CC(=O)O)NC(=O)[C@H](CO)NC(=O)[C@@H](NC(=O)[C@H](Cc1ccccc1)NC(=O)[C@@H](N)[C@@H](C)O)[C@@H](C)O)C(C)C)C(=O)N[C@@H](CCC(=O)O)C(=O)NCC(=O)O. The average Bonchev–Trinajstić information content (AvgIpc) is 1.17. The Morgan fingerprint density at radius 3 is 1.25 bits per heavy atom. The molecule has 2 aromatic rings. The molecule has 92 heavy (non-hydrogen) atoms. The van der Waals surface area contributed by atoms with Crippen LogP contribution in [0.5, 0.6) is 5.75 Å². The summed E-state index contributed by atoms with van der Waals surface area (Å²) in [6.07, 6.45) is -6.10. The number of amides is 11. The van der Waals surface area contributed by atoms with Gasteiger partial charge in [0.2, 0.25) is 65.0 Å². The number of carboxylic acids is 3. The van der Waals surface area contributed by atoms with Crippen LogP contribution in [0.4, 0.5) is 0 Å². The largest absolute Gasteiger partial charge is 0.508 e. The zero-order valence-electron chi connectivity index (χ0n) is 51.2. The number of benzene rings is 2. The molecule has 510 valence electrons. The molecule has 0 heterocycles. The maximum atomic E-state index is 14.1. The summed E-state index contributed by atoms with van der Waals surface area (Å²) in [5, 5.41) is 114. The topological polar surface area (TPSA) is 579 Å². The fourth-order valence-corrected chi connectivity index (χ4v) is 8.45. The van der Waals surface area contributed by atoms with E-state index in [0.717, 1.165) is 6.92 Å². The Bertz CT molecular complexity index is 2880. The molecule has 0 bridgehead atoms. The van der Waals surface area contributed by atoms with Crippen molar-refractivity contribution in [1.29, 1.82) is 0 Å². The number of carbonyl (C=O) groups is 14. The van der Waals surface area contributed by atoms with E-state index in [1.807, 2.05) is 10.6 Å². The number of phenolic OH excluding ortho intramolecular Hbond substituents is 1. The molecular weight excluding hydrogens is 1220 g/mol. The molecule has 0 aliphatic carbocycles. The molecule has 13 atom stereocenters. The third-order valence-corrected chi connectivity index (χ3v) is 13.5. The van der Waals surface area contributed by atoms with Crippen LogP contribution in [0, 0.1) is 11.8 Å². The lowest BCUT2D eigenvalue weighted by molar-refractivity contribution is -0.142. The highest BCUT2D eigenvalue weighted by Gasteiger charge is 2.38. The molecule has 0 aliphatic heterocycles. The molecule has 0 saturated heterocycles. The number of aliphatic carboxylic acids is 3. The van der Waals surface area contributed by atoms with Crippen molar-refractivity contribution in [2.24, 2.45) is 17.6 Å². The zero-order valence-corrected chi connectivity index (χ0v) is 51.2. The van der Waals surface area contributed by atoms with Crippen LogP contribution >= 0.6 is 0 Å². The van der Waals surface area contributed by atoms with E-state index in [9.17, 15) is 108 Å². The van der Waals surface area contributed by atoms with E-state index in [-0.39, 0.29) is 30.9 Å². The third kappa shape index (κ3) is 27.4. The van der Waals surface area contributed by atoms with Crippen molar-refractivity contribution in [2.45, 2.75) is 159 Å². The standard InChI is InChI=1S/C57H84N12O23/c1-26(2)18-34(48(83)60-33(16-17-41(76)77)47(82)59-22-43(80)81)61-49(84)35(20-31-12-14-32(75)15-13-31)62-52(87)38(23-70)65-54(89)40(25-72)66-56(91)45(27(3)4)68-51(86)37(21-42(78)79)63-53(88)39(24-71)67-57(92)46(29(6)74)69-50(85)36(19-30-10-8-7-9-11-30)64-55(90)44(58)28(5)73/h7-15,26-29,33-40,44-46,70-75H,16-25,58H2,1-6H3,(H,59,82)(H,60,83)(H,61,84)(H,62,87)(H,63,88)(H,64,90)(H,65,89)(H,66,91)(H,67,92)(H,68,86)(H,69,85)(H,76,77)(H,78,79)(H,80,81)/t28-,29-,33+,34+,35+,36+,37+,38+,39+,40+,44+,45+,46+/m1/s1. The van der Waals surface area contributed by atoms with Crippen LogP contribution in [-0.2, 0) is 80.0 Å². The Labute approximate surface area is 527 Å². The van der Waals surface area contributed by atoms with Crippen LogP contribution in [0.1, 0.15) is 78.4 Å². The summed E-state index contributed by atoms with van der Waals surface area (Å²) in [5.41, 5.74) is 6.57. The second-order valence-electron chi connectivity index (χ2n) is 22.1. The number of carbonyl (C=O) groups excluding carboxylic acids is 11. The van der Waals surface area contributed by atoms with Crippen LogP contribution in [0.2, 0.25) is 0 Å². The lowest BCUT2D eigenvalue weighted by Gasteiger charge is -2.29. The minimum Gasteiger partial charge on any atom is -0.508 e. The van der Waals surface area contributed by atoms with Crippen molar-refractivity contribution in [1.82, 2.24) is 58.5 Å². The Morgan fingerprint density at radius 1 is 0.413 bits per heavy atom. The van der Waals surface area contributed by atoms with Gasteiger partial charge in [-0.05, 0) is 61.8 Å². The quantitative estimate of drug-likeness (QED) is 0.0295. The molecule has 0 aliphatic rings. The highest BCUT2D eigenvalue weighted by Crippen LogP contribution is 2.14. The number of aliphatic hydroxyl groups is 5. The molecule has 0 unspecified atom stereocenters. The van der Waals surface area contributed by atoms with Gasteiger partial charge in [0.15, 0.2) is 0 Å². The summed E-state index contributed by atoms with van der Waals surface area (Å²) in [5.74, 6) is -19.0.